The Morgan fingerprint density at radius 3 is 2.68 bits per heavy atom. The van der Waals surface area contributed by atoms with Crippen molar-refractivity contribution in [2.75, 3.05) is 56.3 Å². The number of ether oxygens (including phenoxy) is 3. The van der Waals surface area contributed by atoms with Crippen LogP contribution in [0.25, 0.3) is 16.9 Å². The van der Waals surface area contributed by atoms with Gasteiger partial charge < -0.3 is 29.7 Å². The summed E-state index contributed by atoms with van der Waals surface area (Å²) in [6.45, 7) is 3.47. The third-order valence-corrected chi connectivity index (χ3v) is 7.67. The highest BCUT2D eigenvalue weighted by molar-refractivity contribution is 5.78. The van der Waals surface area contributed by atoms with Crippen LogP contribution in [0, 0.1) is 0 Å². The zero-order chi connectivity index (χ0) is 28.2. The molecule has 2 N–H and O–H groups in total. The lowest BCUT2D eigenvalue weighted by Crippen LogP contribution is -2.50. The number of imidazole rings is 1. The van der Waals surface area contributed by atoms with Gasteiger partial charge in [-0.15, -0.1) is 0 Å². The van der Waals surface area contributed by atoms with E-state index in [2.05, 4.69) is 20.6 Å². The van der Waals surface area contributed by atoms with Crippen LogP contribution < -0.4 is 15.5 Å². The monoisotopic (exact) mass is 571 g/mol. The van der Waals surface area contributed by atoms with Crippen LogP contribution in [0.5, 0.6) is 0 Å². The van der Waals surface area contributed by atoms with Crippen molar-refractivity contribution in [2.45, 2.75) is 56.7 Å². The lowest BCUT2D eigenvalue weighted by molar-refractivity contribution is -0.129. The zero-order valence-corrected chi connectivity index (χ0v) is 22.8. The summed E-state index contributed by atoms with van der Waals surface area (Å²) in [7, 11) is 0. The summed E-state index contributed by atoms with van der Waals surface area (Å²) >= 11 is 0. The van der Waals surface area contributed by atoms with Crippen molar-refractivity contribution in [3.8, 4) is 5.82 Å². The van der Waals surface area contributed by atoms with E-state index in [1.807, 2.05) is 4.90 Å². The number of hydrogen-bond donors (Lipinski definition) is 2. The number of nitrogens with zero attached hydrogens (tertiary/aromatic N) is 5. The molecule has 1 aromatic carbocycles. The van der Waals surface area contributed by atoms with Crippen molar-refractivity contribution >= 4 is 28.7 Å². The van der Waals surface area contributed by atoms with Gasteiger partial charge in [-0.05, 0) is 44.2 Å². The van der Waals surface area contributed by atoms with Crippen LogP contribution in [0.1, 0.15) is 44.4 Å². The van der Waals surface area contributed by atoms with E-state index in [1.165, 1.54) is 4.57 Å². The van der Waals surface area contributed by atoms with Gasteiger partial charge in [0.15, 0.2) is 5.82 Å². The molecule has 0 bridgehead atoms. The Balaban J connectivity index is 1.13. The predicted molar refractivity (Wildman–Crippen MR) is 148 cm³/mol. The van der Waals surface area contributed by atoms with Gasteiger partial charge in [0.25, 0.3) is 6.43 Å². The molecule has 2 aromatic heterocycles. The SMILES string of the molecule is O=C(COCC1CCCCO1)NC1CC(Nc2cc(-n3c(C(F)F)nc4ccccc43)nc(N3CCOCC3)n2)C1. The van der Waals surface area contributed by atoms with Crippen molar-refractivity contribution in [3.05, 3.63) is 36.2 Å². The van der Waals surface area contributed by atoms with Gasteiger partial charge in [-0.2, -0.15) is 9.97 Å². The average molecular weight is 572 g/mol. The fraction of sp³-hybridized carbons (Fsp3) is 0.571. The number of alkyl halides is 2. The molecule has 220 valence electrons. The van der Waals surface area contributed by atoms with Gasteiger partial charge in [0.2, 0.25) is 11.9 Å². The van der Waals surface area contributed by atoms with E-state index < -0.39 is 6.43 Å². The van der Waals surface area contributed by atoms with Crippen LogP contribution in [0.3, 0.4) is 0 Å². The molecule has 4 heterocycles. The van der Waals surface area contributed by atoms with Crippen molar-refractivity contribution in [1.82, 2.24) is 24.8 Å². The smallest absolute Gasteiger partial charge is 0.296 e. The topological polar surface area (TPSA) is 116 Å². The summed E-state index contributed by atoms with van der Waals surface area (Å²) in [5.41, 5.74) is 1.01. The standard InChI is InChI=1S/C28H35F2N7O4/c29-26(30)27-33-21-6-1-2-7-22(21)37(27)24-15-23(34-28(35-24)36-8-11-39-12-9-36)31-18-13-19(14-18)32-25(38)17-40-16-20-5-3-4-10-41-20/h1-2,6-7,15,18-20,26H,3-5,8-14,16-17H2,(H,32,38)(H,31,34,35). The molecule has 1 amide bonds. The molecule has 13 heteroatoms. The van der Waals surface area contributed by atoms with Crippen LogP contribution in [0.2, 0.25) is 0 Å². The van der Waals surface area contributed by atoms with E-state index in [1.54, 1.807) is 30.3 Å². The third-order valence-electron chi connectivity index (χ3n) is 7.67. The number of amides is 1. The van der Waals surface area contributed by atoms with Crippen LogP contribution in [0.4, 0.5) is 20.5 Å². The molecule has 1 saturated carbocycles. The number of aromatic nitrogens is 4. The summed E-state index contributed by atoms with van der Waals surface area (Å²) in [5.74, 6) is 0.771. The number of carbonyl (C=O) groups excluding carboxylic acids is 1. The van der Waals surface area contributed by atoms with E-state index >= 15 is 0 Å². The van der Waals surface area contributed by atoms with E-state index in [0.717, 1.165) is 25.9 Å². The molecule has 3 fully saturated rings. The quantitative estimate of drug-likeness (QED) is 0.378. The minimum Gasteiger partial charge on any atom is -0.378 e. The first-order valence-electron chi connectivity index (χ1n) is 14.3. The Bertz CT molecular complexity index is 1340. The molecule has 1 aliphatic carbocycles. The first-order valence-corrected chi connectivity index (χ1v) is 14.3. The van der Waals surface area contributed by atoms with Crippen molar-refractivity contribution in [3.63, 3.8) is 0 Å². The van der Waals surface area contributed by atoms with Crippen LogP contribution in [-0.4, -0.2) is 89.7 Å². The number of anilines is 2. The summed E-state index contributed by atoms with van der Waals surface area (Å²) < 4.78 is 46.2. The second-order valence-corrected chi connectivity index (χ2v) is 10.7. The third kappa shape index (κ3) is 6.57. The second-order valence-electron chi connectivity index (χ2n) is 10.7. The predicted octanol–water partition coefficient (Wildman–Crippen LogP) is 3.23. The van der Waals surface area contributed by atoms with E-state index in [0.29, 0.717) is 74.4 Å². The van der Waals surface area contributed by atoms with Crippen molar-refractivity contribution in [2.24, 2.45) is 0 Å². The van der Waals surface area contributed by atoms with E-state index in [-0.39, 0.29) is 36.5 Å². The number of hydrogen-bond acceptors (Lipinski definition) is 9. The Morgan fingerprint density at radius 2 is 1.90 bits per heavy atom. The Kier molecular flexibility index (Phi) is 8.54. The van der Waals surface area contributed by atoms with Gasteiger partial charge in [0, 0.05) is 37.8 Å². The van der Waals surface area contributed by atoms with Gasteiger partial charge in [0.05, 0.1) is 37.0 Å². The first kappa shape index (κ1) is 27.7. The largest absolute Gasteiger partial charge is 0.378 e. The number of carbonyl (C=O) groups is 1. The minimum absolute atomic E-state index is 0.0119. The van der Waals surface area contributed by atoms with Gasteiger partial charge in [0.1, 0.15) is 18.2 Å². The zero-order valence-electron chi connectivity index (χ0n) is 22.8. The summed E-state index contributed by atoms with van der Waals surface area (Å²) in [6.07, 6.45) is 1.89. The lowest BCUT2D eigenvalue weighted by Gasteiger charge is -2.37. The molecule has 3 aromatic rings. The fourth-order valence-electron chi connectivity index (χ4n) is 5.50. The molecule has 1 atom stereocenters. The highest BCUT2D eigenvalue weighted by Crippen LogP contribution is 2.30. The highest BCUT2D eigenvalue weighted by atomic mass is 19.3. The van der Waals surface area contributed by atoms with Crippen LogP contribution >= 0.6 is 0 Å². The van der Waals surface area contributed by atoms with Gasteiger partial charge >= 0.3 is 0 Å². The minimum atomic E-state index is -2.78. The van der Waals surface area contributed by atoms with Crippen molar-refractivity contribution < 1.29 is 27.8 Å². The molecule has 0 radical (unpaired) electrons. The van der Waals surface area contributed by atoms with Gasteiger partial charge in [-0.1, -0.05) is 12.1 Å². The number of rotatable bonds is 10. The number of nitrogens with one attached hydrogen (secondary N) is 2. The Hall–Kier alpha value is -3.42. The lowest BCUT2D eigenvalue weighted by atomic mass is 9.86. The number of fused-ring (bicyclic) bond motifs is 1. The second kappa shape index (κ2) is 12.6. The maximum atomic E-state index is 14.1. The number of benzene rings is 1. The van der Waals surface area contributed by atoms with Crippen LogP contribution in [-0.2, 0) is 19.0 Å². The molecule has 3 aliphatic rings. The molecule has 6 rings (SSSR count). The normalized spacial score (nSPS) is 23.0. The summed E-state index contributed by atoms with van der Waals surface area (Å²) in [4.78, 5) is 27.9. The first-order chi connectivity index (χ1) is 20.0. The number of halogens is 2. The summed E-state index contributed by atoms with van der Waals surface area (Å²) in [5, 5.41) is 6.43. The average Bonchev–Trinajstić information content (AvgIpc) is 3.37. The molecule has 41 heavy (non-hydrogen) atoms. The molecule has 11 nitrogen and oxygen atoms in total. The molecular weight excluding hydrogens is 536 g/mol. The maximum absolute atomic E-state index is 14.1. The molecule has 2 aliphatic heterocycles. The van der Waals surface area contributed by atoms with E-state index in [4.69, 9.17) is 19.2 Å². The highest BCUT2D eigenvalue weighted by Gasteiger charge is 2.31. The molecule has 0 spiro atoms. The maximum Gasteiger partial charge on any atom is 0.296 e. The molecule has 2 saturated heterocycles. The number of morpholine rings is 1. The van der Waals surface area contributed by atoms with Crippen molar-refractivity contribution in [1.29, 1.82) is 0 Å². The number of para-hydroxylation sites is 2. The molecular formula is C28H35F2N7O4. The van der Waals surface area contributed by atoms with Gasteiger partial charge in [-0.3, -0.25) is 9.36 Å². The van der Waals surface area contributed by atoms with Crippen LogP contribution in [0.15, 0.2) is 30.3 Å². The summed E-state index contributed by atoms with van der Waals surface area (Å²) in [6, 6.07) is 8.78. The van der Waals surface area contributed by atoms with Gasteiger partial charge in [-0.25, -0.2) is 13.8 Å². The fourth-order valence-corrected chi connectivity index (χ4v) is 5.50. The van der Waals surface area contributed by atoms with E-state index in [9.17, 15) is 13.6 Å². The Morgan fingerprint density at radius 1 is 1.07 bits per heavy atom. The molecule has 1 unspecified atom stereocenters. The Labute approximate surface area is 236 Å².